The number of imidazole rings is 1. The molecule has 18 heavy (non-hydrogen) atoms. The predicted octanol–water partition coefficient (Wildman–Crippen LogP) is 3.02. The van der Waals surface area contributed by atoms with Crippen LogP contribution in [0.5, 0.6) is 0 Å². The van der Waals surface area contributed by atoms with E-state index in [-0.39, 0.29) is 0 Å². The van der Waals surface area contributed by atoms with Crippen molar-refractivity contribution >= 4 is 0 Å². The fourth-order valence-corrected chi connectivity index (χ4v) is 3.26. The van der Waals surface area contributed by atoms with E-state index in [9.17, 15) is 0 Å². The van der Waals surface area contributed by atoms with Crippen LogP contribution in [0.4, 0.5) is 0 Å². The maximum atomic E-state index is 5.96. The molecular formula is C15H27N3. The second-order valence-electron chi connectivity index (χ2n) is 6.05. The van der Waals surface area contributed by atoms with Gasteiger partial charge in [0, 0.05) is 18.7 Å². The van der Waals surface area contributed by atoms with Crippen molar-refractivity contribution in [1.29, 1.82) is 0 Å². The quantitative estimate of drug-likeness (QED) is 0.891. The number of hydrogen-bond acceptors (Lipinski definition) is 2. The lowest BCUT2D eigenvalue weighted by atomic mass is 9.69. The number of nitrogens with zero attached hydrogens (tertiary/aromatic N) is 2. The molecule has 3 heteroatoms. The molecule has 0 bridgehead atoms. The van der Waals surface area contributed by atoms with Crippen molar-refractivity contribution in [2.24, 2.45) is 23.5 Å². The molecule has 1 saturated carbocycles. The molecule has 3 unspecified atom stereocenters. The molecule has 1 aromatic rings. The van der Waals surface area contributed by atoms with E-state index in [1.54, 1.807) is 0 Å². The molecule has 1 fully saturated rings. The number of aromatic nitrogens is 2. The molecule has 3 nitrogen and oxygen atoms in total. The molecule has 102 valence electrons. The summed E-state index contributed by atoms with van der Waals surface area (Å²) in [6.07, 6.45) is 8.05. The van der Waals surface area contributed by atoms with Gasteiger partial charge in [-0.3, -0.25) is 0 Å². The fourth-order valence-electron chi connectivity index (χ4n) is 3.26. The summed E-state index contributed by atoms with van der Waals surface area (Å²) in [5.74, 6) is 2.81. The van der Waals surface area contributed by atoms with Crippen molar-refractivity contribution < 1.29 is 0 Å². The van der Waals surface area contributed by atoms with Crippen LogP contribution in [0.2, 0.25) is 0 Å². The molecule has 2 rings (SSSR count). The maximum Gasteiger partial charge on any atom is 0.0949 e. The van der Waals surface area contributed by atoms with Crippen LogP contribution >= 0.6 is 0 Å². The molecule has 1 heterocycles. The van der Waals surface area contributed by atoms with Gasteiger partial charge in [-0.25, -0.2) is 4.98 Å². The van der Waals surface area contributed by atoms with Crippen molar-refractivity contribution in [2.75, 3.05) is 6.54 Å². The minimum atomic E-state index is 0.573. The van der Waals surface area contributed by atoms with Gasteiger partial charge in [-0.15, -0.1) is 0 Å². The standard InChI is InChI=1S/C15H27N3/c1-4-18-9-15(17-10-18)14-7-12(11(2)3)5-6-13(14)8-16/h9-14H,4-8,16H2,1-3H3. The largest absolute Gasteiger partial charge is 0.337 e. The Hall–Kier alpha value is -0.830. The normalized spacial score (nSPS) is 28.8. The zero-order valence-electron chi connectivity index (χ0n) is 12.0. The Morgan fingerprint density at radius 3 is 2.78 bits per heavy atom. The van der Waals surface area contributed by atoms with E-state index in [0.717, 1.165) is 24.9 Å². The summed E-state index contributed by atoms with van der Waals surface area (Å²) in [7, 11) is 0. The molecule has 3 atom stereocenters. The minimum absolute atomic E-state index is 0.573. The highest BCUT2D eigenvalue weighted by Crippen LogP contribution is 2.42. The van der Waals surface area contributed by atoms with Crippen LogP contribution in [0.3, 0.4) is 0 Å². The van der Waals surface area contributed by atoms with Gasteiger partial charge in [-0.1, -0.05) is 13.8 Å². The van der Waals surface area contributed by atoms with E-state index < -0.39 is 0 Å². The summed E-state index contributed by atoms with van der Waals surface area (Å²) >= 11 is 0. The number of rotatable bonds is 4. The molecule has 0 radical (unpaired) electrons. The lowest BCUT2D eigenvalue weighted by Crippen LogP contribution is -2.31. The third kappa shape index (κ3) is 2.77. The van der Waals surface area contributed by atoms with Crippen molar-refractivity contribution in [3.63, 3.8) is 0 Å². The van der Waals surface area contributed by atoms with Gasteiger partial charge in [0.25, 0.3) is 0 Å². The molecule has 0 spiro atoms. The Kier molecular flexibility index (Phi) is 4.44. The lowest BCUT2D eigenvalue weighted by molar-refractivity contribution is 0.195. The van der Waals surface area contributed by atoms with E-state index >= 15 is 0 Å². The van der Waals surface area contributed by atoms with Crippen LogP contribution in [-0.4, -0.2) is 16.1 Å². The molecule has 0 saturated heterocycles. The Morgan fingerprint density at radius 2 is 2.22 bits per heavy atom. The summed E-state index contributed by atoms with van der Waals surface area (Å²) in [4.78, 5) is 4.61. The molecule has 0 aliphatic heterocycles. The number of hydrogen-bond donors (Lipinski definition) is 1. The third-order valence-corrected chi connectivity index (χ3v) is 4.68. The molecule has 1 aromatic heterocycles. The smallest absolute Gasteiger partial charge is 0.0949 e. The first-order valence-corrected chi connectivity index (χ1v) is 7.37. The van der Waals surface area contributed by atoms with Gasteiger partial charge in [-0.2, -0.15) is 0 Å². The maximum absolute atomic E-state index is 5.96. The number of aryl methyl sites for hydroxylation is 1. The third-order valence-electron chi connectivity index (χ3n) is 4.68. The van der Waals surface area contributed by atoms with E-state index in [1.807, 2.05) is 6.33 Å². The van der Waals surface area contributed by atoms with Gasteiger partial charge < -0.3 is 10.3 Å². The Labute approximate surface area is 111 Å². The zero-order chi connectivity index (χ0) is 13.1. The van der Waals surface area contributed by atoms with Gasteiger partial charge in [0.05, 0.1) is 12.0 Å². The van der Waals surface area contributed by atoms with Crippen LogP contribution in [0, 0.1) is 17.8 Å². The molecule has 0 aromatic carbocycles. The Bertz CT molecular complexity index is 370. The van der Waals surface area contributed by atoms with Gasteiger partial charge >= 0.3 is 0 Å². The van der Waals surface area contributed by atoms with Crippen LogP contribution in [0.1, 0.15) is 51.6 Å². The van der Waals surface area contributed by atoms with E-state index in [2.05, 4.69) is 36.5 Å². The summed E-state index contributed by atoms with van der Waals surface area (Å²) in [6.45, 7) is 8.64. The topological polar surface area (TPSA) is 43.8 Å². The molecular weight excluding hydrogens is 222 g/mol. The Balaban J connectivity index is 2.15. The van der Waals surface area contributed by atoms with Crippen molar-refractivity contribution in [3.8, 4) is 0 Å². The van der Waals surface area contributed by atoms with E-state index in [4.69, 9.17) is 5.73 Å². The van der Waals surface area contributed by atoms with Gasteiger partial charge in [-0.05, 0) is 50.5 Å². The van der Waals surface area contributed by atoms with Crippen LogP contribution in [-0.2, 0) is 6.54 Å². The summed E-state index contributed by atoms with van der Waals surface area (Å²) < 4.78 is 2.17. The van der Waals surface area contributed by atoms with Gasteiger partial charge in [0.2, 0.25) is 0 Å². The highest BCUT2D eigenvalue weighted by molar-refractivity contribution is 5.09. The van der Waals surface area contributed by atoms with Crippen LogP contribution < -0.4 is 5.73 Å². The fraction of sp³-hybridized carbons (Fsp3) is 0.800. The van der Waals surface area contributed by atoms with Crippen LogP contribution in [0.15, 0.2) is 12.5 Å². The second kappa shape index (κ2) is 5.87. The summed E-state index contributed by atoms with van der Waals surface area (Å²) in [5, 5.41) is 0. The Morgan fingerprint density at radius 1 is 1.44 bits per heavy atom. The average molecular weight is 249 g/mol. The lowest BCUT2D eigenvalue weighted by Gasteiger charge is -2.36. The minimum Gasteiger partial charge on any atom is -0.337 e. The molecule has 0 amide bonds. The van der Waals surface area contributed by atoms with Crippen molar-refractivity contribution in [1.82, 2.24) is 9.55 Å². The highest BCUT2D eigenvalue weighted by atomic mass is 15.0. The average Bonchev–Trinajstić information content (AvgIpc) is 2.86. The van der Waals surface area contributed by atoms with E-state index in [1.165, 1.54) is 25.0 Å². The van der Waals surface area contributed by atoms with Crippen molar-refractivity contribution in [2.45, 2.75) is 52.5 Å². The summed E-state index contributed by atoms with van der Waals surface area (Å²) in [5.41, 5.74) is 7.22. The first-order valence-electron chi connectivity index (χ1n) is 7.37. The van der Waals surface area contributed by atoms with E-state index in [0.29, 0.717) is 11.8 Å². The molecule has 2 N–H and O–H groups in total. The van der Waals surface area contributed by atoms with Gasteiger partial charge in [0.1, 0.15) is 0 Å². The SMILES string of the molecule is CCn1cnc(C2CC(C(C)C)CCC2CN)c1. The first kappa shape index (κ1) is 13.6. The second-order valence-corrected chi connectivity index (χ2v) is 6.05. The first-order chi connectivity index (χ1) is 8.65. The monoisotopic (exact) mass is 249 g/mol. The highest BCUT2D eigenvalue weighted by Gasteiger charge is 2.33. The molecule has 1 aliphatic carbocycles. The van der Waals surface area contributed by atoms with Crippen molar-refractivity contribution in [3.05, 3.63) is 18.2 Å². The number of nitrogens with two attached hydrogens (primary N) is 1. The van der Waals surface area contributed by atoms with Crippen LogP contribution in [0.25, 0.3) is 0 Å². The van der Waals surface area contributed by atoms with Gasteiger partial charge in [0.15, 0.2) is 0 Å². The molecule has 1 aliphatic rings. The summed E-state index contributed by atoms with van der Waals surface area (Å²) in [6, 6.07) is 0. The zero-order valence-corrected chi connectivity index (χ0v) is 12.0. The predicted molar refractivity (Wildman–Crippen MR) is 75.4 cm³/mol.